The molecular weight excluding hydrogens is 218 g/mol. The van der Waals surface area contributed by atoms with Gasteiger partial charge in [-0.2, -0.15) is 0 Å². The molecule has 1 heterocycles. The van der Waals surface area contributed by atoms with Gasteiger partial charge in [-0.05, 0) is 27.7 Å². The van der Waals surface area contributed by atoms with Gasteiger partial charge in [0, 0.05) is 6.08 Å². The highest BCUT2D eigenvalue weighted by Gasteiger charge is 2.27. The van der Waals surface area contributed by atoms with Crippen LogP contribution in [0.2, 0.25) is 0 Å². The van der Waals surface area contributed by atoms with Crippen molar-refractivity contribution in [2.45, 2.75) is 27.7 Å². The van der Waals surface area contributed by atoms with Crippen molar-refractivity contribution in [3.8, 4) is 0 Å². The van der Waals surface area contributed by atoms with Crippen molar-refractivity contribution < 1.29 is 14.3 Å². The number of dihydropyridines is 1. The second-order valence-corrected chi connectivity index (χ2v) is 3.74. The number of hydrogen-bond acceptors (Lipinski definition) is 4. The summed E-state index contributed by atoms with van der Waals surface area (Å²) in [6.07, 6.45) is 1.35. The zero-order chi connectivity index (χ0) is 12.8. The molecule has 0 bridgehead atoms. The number of nitrogens with one attached hydrogen (secondary N) is 1. The van der Waals surface area contributed by atoms with Gasteiger partial charge in [-0.3, -0.25) is 0 Å². The highest BCUT2D eigenvalue weighted by atomic mass is 16.5. The van der Waals surface area contributed by atoms with E-state index in [0.29, 0.717) is 18.9 Å². The number of allylic oxidation sites excluding steroid dienone is 2. The molecule has 0 spiro atoms. The van der Waals surface area contributed by atoms with Gasteiger partial charge in [-0.25, -0.2) is 4.79 Å². The predicted molar refractivity (Wildman–Crippen MR) is 65.5 cm³/mol. The number of carbonyl (C=O) groups excluding carboxylic acids is 1. The summed E-state index contributed by atoms with van der Waals surface area (Å²) in [5, 5.41) is 3.11. The smallest absolute Gasteiger partial charge is 0.130 e. The van der Waals surface area contributed by atoms with Gasteiger partial charge in [-0.15, -0.1) is 0 Å². The molecule has 0 aromatic carbocycles. The molecule has 1 atom stereocenters. The summed E-state index contributed by atoms with van der Waals surface area (Å²) >= 11 is 0. The van der Waals surface area contributed by atoms with Gasteiger partial charge in [0.15, 0.2) is 0 Å². The maximum Gasteiger partial charge on any atom is 0.130 e. The lowest BCUT2D eigenvalue weighted by Gasteiger charge is -2.28. The molecule has 0 aromatic rings. The van der Waals surface area contributed by atoms with Crippen LogP contribution in [0.15, 0.2) is 29.0 Å². The summed E-state index contributed by atoms with van der Waals surface area (Å²) < 4.78 is 11.2. The first-order valence-corrected chi connectivity index (χ1v) is 5.84. The van der Waals surface area contributed by atoms with Crippen molar-refractivity contribution in [1.82, 2.24) is 5.32 Å². The standard InChI is InChI=1S/C13H19NO3/c1-5-16-12-9(3)13(17-6-2)11(7-8-15)14-10(12)4/h7,9,14H,5-6H2,1-4H3. The third kappa shape index (κ3) is 2.92. The molecular formula is C13H19NO3. The van der Waals surface area contributed by atoms with Crippen LogP contribution in [-0.2, 0) is 14.3 Å². The third-order valence-corrected chi connectivity index (χ3v) is 2.55. The van der Waals surface area contributed by atoms with E-state index in [1.54, 1.807) is 5.94 Å². The SMILES string of the molecule is CCOC1=C(C)NC(C=C=O)=C(OCC)C1C. The molecule has 0 saturated carbocycles. The first-order valence-electron chi connectivity index (χ1n) is 5.84. The molecule has 1 aliphatic heterocycles. The number of rotatable bonds is 5. The second kappa shape index (κ2) is 6.16. The van der Waals surface area contributed by atoms with Crippen molar-refractivity contribution in [2.75, 3.05) is 13.2 Å². The predicted octanol–water partition coefficient (Wildman–Crippen LogP) is 2.13. The summed E-state index contributed by atoms with van der Waals surface area (Å²) in [5.41, 5.74) is 1.57. The van der Waals surface area contributed by atoms with E-state index < -0.39 is 0 Å². The monoisotopic (exact) mass is 237 g/mol. The lowest BCUT2D eigenvalue weighted by atomic mass is 10.00. The van der Waals surface area contributed by atoms with Gasteiger partial charge in [0.2, 0.25) is 0 Å². The van der Waals surface area contributed by atoms with Crippen molar-refractivity contribution >= 4 is 5.94 Å². The topological polar surface area (TPSA) is 47.6 Å². The molecule has 4 nitrogen and oxygen atoms in total. The Morgan fingerprint density at radius 1 is 1.29 bits per heavy atom. The molecule has 1 aliphatic rings. The van der Waals surface area contributed by atoms with Crippen LogP contribution in [0.25, 0.3) is 0 Å². The molecule has 4 heteroatoms. The lowest BCUT2D eigenvalue weighted by molar-refractivity contribution is 0.142. The van der Waals surface area contributed by atoms with Crippen LogP contribution in [0.3, 0.4) is 0 Å². The minimum Gasteiger partial charge on any atom is -0.496 e. The Morgan fingerprint density at radius 2 is 1.88 bits per heavy atom. The molecule has 0 aliphatic carbocycles. The zero-order valence-corrected chi connectivity index (χ0v) is 10.8. The highest BCUT2D eigenvalue weighted by Crippen LogP contribution is 2.30. The van der Waals surface area contributed by atoms with E-state index in [2.05, 4.69) is 5.32 Å². The molecule has 17 heavy (non-hydrogen) atoms. The Kier molecular flexibility index (Phi) is 4.85. The fourth-order valence-electron chi connectivity index (χ4n) is 1.92. The molecule has 0 saturated heterocycles. The maximum absolute atomic E-state index is 10.5. The Morgan fingerprint density at radius 3 is 2.41 bits per heavy atom. The summed E-state index contributed by atoms with van der Waals surface area (Å²) in [7, 11) is 0. The van der Waals surface area contributed by atoms with Crippen LogP contribution in [0.5, 0.6) is 0 Å². The van der Waals surface area contributed by atoms with Crippen LogP contribution in [-0.4, -0.2) is 19.2 Å². The fourth-order valence-corrected chi connectivity index (χ4v) is 1.92. The molecule has 94 valence electrons. The Hall–Kier alpha value is -1.67. The fraction of sp³-hybridized carbons (Fsp3) is 0.538. The van der Waals surface area contributed by atoms with Crippen molar-refractivity contribution in [1.29, 1.82) is 0 Å². The van der Waals surface area contributed by atoms with Gasteiger partial charge in [-0.1, -0.05) is 0 Å². The van der Waals surface area contributed by atoms with Gasteiger partial charge >= 0.3 is 0 Å². The minimum atomic E-state index is 0.00995. The summed E-state index contributed by atoms with van der Waals surface area (Å²) in [5.74, 6) is 3.37. The first kappa shape index (κ1) is 13.4. The normalized spacial score (nSPS) is 19.6. The largest absolute Gasteiger partial charge is 0.496 e. The molecule has 1 N–H and O–H groups in total. The second-order valence-electron chi connectivity index (χ2n) is 3.74. The van der Waals surface area contributed by atoms with E-state index in [-0.39, 0.29) is 5.92 Å². The number of ether oxygens (including phenoxy) is 2. The van der Waals surface area contributed by atoms with Crippen LogP contribution >= 0.6 is 0 Å². The molecule has 1 rings (SSSR count). The van der Waals surface area contributed by atoms with Gasteiger partial charge in [0.05, 0.1) is 30.5 Å². The van der Waals surface area contributed by atoms with Gasteiger partial charge in [0.1, 0.15) is 17.5 Å². The van der Waals surface area contributed by atoms with Gasteiger partial charge in [0.25, 0.3) is 0 Å². The van der Waals surface area contributed by atoms with Gasteiger partial charge < -0.3 is 14.8 Å². The van der Waals surface area contributed by atoms with E-state index in [1.807, 2.05) is 27.7 Å². The summed E-state index contributed by atoms with van der Waals surface area (Å²) in [4.78, 5) is 10.5. The highest BCUT2D eigenvalue weighted by molar-refractivity contribution is 5.54. The average Bonchev–Trinajstić information content (AvgIpc) is 2.30. The van der Waals surface area contributed by atoms with E-state index >= 15 is 0 Å². The lowest BCUT2D eigenvalue weighted by Crippen LogP contribution is -2.27. The molecule has 1 unspecified atom stereocenters. The first-order chi connectivity index (χ1) is 8.15. The van der Waals surface area contributed by atoms with Crippen molar-refractivity contribution in [3.63, 3.8) is 0 Å². The zero-order valence-electron chi connectivity index (χ0n) is 10.8. The maximum atomic E-state index is 10.5. The summed E-state index contributed by atoms with van der Waals surface area (Å²) in [6.45, 7) is 8.93. The van der Waals surface area contributed by atoms with Crippen LogP contribution in [0, 0.1) is 5.92 Å². The molecule has 0 aromatic heterocycles. The van der Waals surface area contributed by atoms with Crippen LogP contribution in [0.1, 0.15) is 27.7 Å². The molecule has 0 amide bonds. The minimum absolute atomic E-state index is 0.00995. The third-order valence-electron chi connectivity index (χ3n) is 2.55. The summed E-state index contributed by atoms with van der Waals surface area (Å²) in [6, 6.07) is 0. The Bertz CT molecular complexity index is 389. The Labute approximate surface area is 102 Å². The molecule has 0 radical (unpaired) electrons. The quantitative estimate of drug-likeness (QED) is 0.744. The van der Waals surface area contributed by atoms with E-state index in [4.69, 9.17) is 9.47 Å². The van der Waals surface area contributed by atoms with E-state index in [1.165, 1.54) is 6.08 Å². The Balaban J connectivity index is 3.08. The van der Waals surface area contributed by atoms with Crippen LogP contribution < -0.4 is 5.32 Å². The number of hydrogen-bond donors (Lipinski definition) is 1. The molecule has 0 fully saturated rings. The van der Waals surface area contributed by atoms with E-state index in [0.717, 1.165) is 17.2 Å². The average molecular weight is 237 g/mol. The van der Waals surface area contributed by atoms with Crippen molar-refractivity contribution in [3.05, 3.63) is 29.0 Å². The van der Waals surface area contributed by atoms with Crippen LogP contribution in [0.4, 0.5) is 0 Å². The van der Waals surface area contributed by atoms with Crippen molar-refractivity contribution in [2.24, 2.45) is 5.92 Å². The van der Waals surface area contributed by atoms with E-state index in [9.17, 15) is 4.79 Å².